The molecule has 0 aromatic carbocycles. The van der Waals surface area contributed by atoms with Crippen LogP contribution in [0.1, 0.15) is 72.1 Å². The Hall–Kier alpha value is -0.340. The minimum Gasteiger partial charge on any atom is -0.306 e. The molecule has 1 heterocycles. The summed E-state index contributed by atoms with van der Waals surface area (Å²) in [6.07, 6.45) is 14.3. The van der Waals surface area contributed by atoms with Crippen LogP contribution in [-0.4, -0.2) is 49.6 Å². The van der Waals surface area contributed by atoms with Gasteiger partial charge in [-0.3, -0.25) is 0 Å². The van der Waals surface area contributed by atoms with Crippen molar-refractivity contribution in [3.05, 3.63) is 11.6 Å². The molecule has 152 valence electrons. The van der Waals surface area contributed by atoms with Crippen LogP contribution in [0.25, 0.3) is 0 Å². The van der Waals surface area contributed by atoms with Crippen LogP contribution in [0.5, 0.6) is 0 Å². The first-order chi connectivity index (χ1) is 12.7. The van der Waals surface area contributed by atoms with Crippen molar-refractivity contribution in [2.75, 3.05) is 27.7 Å². The monoisotopic (exact) mass is 370 g/mol. The normalized spacial score (nSPS) is 54.9. The number of rotatable bonds is 1. The molecule has 0 N–H and O–H groups in total. The van der Waals surface area contributed by atoms with E-state index in [1.54, 1.807) is 0 Å². The van der Waals surface area contributed by atoms with Crippen molar-refractivity contribution in [1.82, 2.24) is 9.80 Å². The van der Waals surface area contributed by atoms with Crippen LogP contribution in [0.4, 0.5) is 0 Å². The zero-order chi connectivity index (χ0) is 19.2. The van der Waals surface area contributed by atoms with Crippen LogP contribution in [-0.2, 0) is 0 Å². The molecule has 3 saturated carbocycles. The maximum atomic E-state index is 2.75. The standard InChI is InChI=1S/C25H42N2/c1-17-20-7-8-22-24(3)12-9-18-15-19(26(4)5)10-13-23(18,2)21(24)11-14-25(20,22)16-27(17)6/h9,17,19-22H,7-8,10-16H2,1-6H3. The number of hydrogen-bond acceptors (Lipinski definition) is 2. The van der Waals surface area contributed by atoms with Crippen LogP contribution >= 0.6 is 0 Å². The molecule has 1 aliphatic heterocycles. The Morgan fingerprint density at radius 3 is 2.56 bits per heavy atom. The van der Waals surface area contributed by atoms with Crippen molar-refractivity contribution >= 4 is 0 Å². The highest BCUT2D eigenvalue weighted by molar-refractivity contribution is 5.29. The van der Waals surface area contributed by atoms with E-state index >= 15 is 0 Å². The molecule has 4 aliphatic carbocycles. The fraction of sp³-hybridized carbons (Fsp3) is 0.920. The van der Waals surface area contributed by atoms with Crippen LogP contribution in [0.3, 0.4) is 0 Å². The summed E-state index contributed by atoms with van der Waals surface area (Å²) in [5.41, 5.74) is 3.50. The maximum Gasteiger partial charge on any atom is 0.0127 e. The summed E-state index contributed by atoms with van der Waals surface area (Å²) in [7, 11) is 6.95. The van der Waals surface area contributed by atoms with Gasteiger partial charge in [-0.15, -0.1) is 0 Å². The van der Waals surface area contributed by atoms with Gasteiger partial charge in [-0.2, -0.15) is 0 Å². The Morgan fingerprint density at radius 1 is 1.04 bits per heavy atom. The van der Waals surface area contributed by atoms with Crippen LogP contribution in [0.15, 0.2) is 11.6 Å². The fourth-order valence-electron chi connectivity index (χ4n) is 9.50. The van der Waals surface area contributed by atoms with Crippen LogP contribution < -0.4 is 0 Å². The highest BCUT2D eigenvalue weighted by atomic mass is 15.2. The molecule has 2 heteroatoms. The first-order valence-corrected chi connectivity index (χ1v) is 11.8. The van der Waals surface area contributed by atoms with Crippen molar-refractivity contribution in [2.24, 2.45) is 34.0 Å². The lowest BCUT2D eigenvalue weighted by molar-refractivity contribution is -0.105. The number of fused-ring (bicyclic) bond motifs is 4. The number of hydrogen-bond donors (Lipinski definition) is 0. The molecule has 0 aromatic heterocycles. The van der Waals surface area contributed by atoms with Crippen molar-refractivity contribution in [1.29, 1.82) is 0 Å². The Labute approximate surface area is 167 Å². The number of nitrogens with zero attached hydrogens (tertiary/aromatic N) is 2. The Kier molecular flexibility index (Phi) is 4.04. The average molecular weight is 371 g/mol. The smallest absolute Gasteiger partial charge is 0.0127 e. The predicted octanol–water partition coefficient (Wildman–Crippen LogP) is 5.20. The van der Waals surface area contributed by atoms with Crippen molar-refractivity contribution in [3.63, 3.8) is 0 Å². The van der Waals surface area contributed by atoms with E-state index in [2.05, 4.69) is 57.8 Å². The summed E-state index contributed by atoms with van der Waals surface area (Å²) in [6, 6.07) is 1.57. The van der Waals surface area contributed by atoms with E-state index in [1.165, 1.54) is 57.9 Å². The summed E-state index contributed by atoms with van der Waals surface area (Å²) in [5, 5.41) is 0. The van der Waals surface area contributed by atoms with Crippen molar-refractivity contribution in [2.45, 2.75) is 84.2 Å². The highest BCUT2D eigenvalue weighted by Crippen LogP contribution is 2.73. The van der Waals surface area contributed by atoms with E-state index in [4.69, 9.17) is 0 Å². The van der Waals surface area contributed by atoms with E-state index in [1.807, 2.05) is 5.57 Å². The van der Waals surface area contributed by atoms with Crippen molar-refractivity contribution in [3.8, 4) is 0 Å². The van der Waals surface area contributed by atoms with Crippen molar-refractivity contribution < 1.29 is 0 Å². The van der Waals surface area contributed by atoms with Gasteiger partial charge >= 0.3 is 0 Å². The van der Waals surface area contributed by atoms with Gasteiger partial charge in [0, 0.05) is 18.6 Å². The van der Waals surface area contributed by atoms with E-state index in [9.17, 15) is 0 Å². The zero-order valence-electron chi connectivity index (χ0n) is 18.7. The molecule has 1 saturated heterocycles. The molecule has 0 bridgehead atoms. The topological polar surface area (TPSA) is 6.48 Å². The lowest BCUT2D eigenvalue weighted by Crippen LogP contribution is -2.57. The average Bonchev–Trinajstić information content (AvgIpc) is 3.09. The lowest BCUT2D eigenvalue weighted by atomic mass is 9.41. The van der Waals surface area contributed by atoms with Gasteiger partial charge in [0.25, 0.3) is 0 Å². The molecule has 0 radical (unpaired) electrons. The molecule has 8 atom stereocenters. The summed E-state index contributed by atoms with van der Waals surface area (Å²) < 4.78 is 0. The summed E-state index contributed by atoms with van der Waals surface area (Å²) >= 11 is 0. The largest absolute Gasteiger partial charge is 0.306 e. The maximum absolute atomic E-state index is 2.75. The predicted molar refractivity (Wildman–Crippen MR) is 114 cm³/mol. The highest BCUT2D eigenvalue weighted by Gasteiger charge is 2.67. The third kappa shape index (κ3) is 2.26. The molecular formula is C25H42N2. The second kappa shape index (κ2) is 5.85. The molecule has 27 heavy (non-hydrogen) atoms. The molecule has 4 fully saturated rings. The Balaban J connectivity index is 1.50. The second-order valence-electron chi connectivity index (χ2n) is 11.9. The molecular weight excluding hydrogens is 328 g/mol. The van der Waals surface area contributed by atoms with Gasteiger partial charge in [0.1, 0.15) is 0 Å². The van der Waals surface area contributed by atoms with E-state index in [0.29, 0.717) is 16.2 Å². The molecule has 1 spiro atoms. The fourth-order valence-corrected chi connectivity index (χ4v) is 9.50. The van der Waals surface area contributed by atoms with Crippen LogP contribution in [0, 0.1) is 34.0 Å². The quantitative estimate of drug-likeness (QED) is 0.585. The minimum atomic E-state index is 0.481. The summed E-state index contributed by atoms with van der Waals surface area (Å²) in [4.78, 5) is 5.18. The number of allylic oxidation sites excluding steroid dienone is 1. The first-order valence-electron chi connectivity index (χ1n) is 11.8. The third-order valence-corrected chi connectivity index (χ3v) is 11.0. The molecule has 8 unspecified atom stereocenters. The molecule has 5 aliphatic rings. The SMILES string of the molecule is CC1C2CCC3C4(C)CC=C5CC(N(C)C)CCC5(C)C4CCC23CN1C. The molecule has 0 aromatic rings. The third-order valence-electron chi connectivity index (χ3n) is 11.0. The lowest BCUT2D eigenvalue weighted by Gasteiger charge is -2.63. The minimum absolute atomic E-state index is 0.481. The van der Waals surface area contributed by atoms with Gasteiger partial charge < -0.3 is 9.80 Å². The van der Waals surface area contributed by atoms with Gasteiger partial charge in [0.05, 0.1) is 0 Å². The second-order valence-corrected chi connectivity index (χ2v) is 11.9. The van der Waals surface area contributed by atoms with Gasteiger partial charge in [-0.25, -0.2) is 0 Å². The van der Waals surface area contributed by atoms with Gasteiger partial charge in [-0.05, 0) is 113 Å². The van der Waals surface area contributed by atoms with E-state index < -0.39 is 0 Å². The molecule has 0 amide bonds. The first kappa shape index (κ1) is 18.7. The summed E-state index contributed by atoms with van der Waals surface area (Å²) in [5.74, 6) is 2.85. The molecule has 2 nitrogen and oxygen atoms in total. The number of likely N-dealkylation sites (tertiary alicyclic amines) is 1. The zero-order valence-corrected chi connectivity index (χ0v) is 18.7. The van der Waals surface area contributed by atoms with Gasteiger partial charge in [0.2, 0.25) is 0 Å². The Bertz CT molecular complexity index is 653. The van der Waals surface area contributed by atoms with Gasteiger partial charge in [-0.1, -0.05) is 25.5 Å². The summed E-state index contributed by atoms with van der Waals surface area (Å²) in [6.45, 7) is 9.28. The van der Waals surface area contributed by atoms with Gasteiger partial charge in [0.15, 0.2) is 0 Å². The van der Waals surface area contributed by atoms with E-state index in [0.717, 1.165) is 29.8 Å². The van der Waals surface area contributed by atoms with Crippen LogP contribution in [0.2, 0.25) is 0 Å². The molecule has 5 rings (SSSR count). The van der Waals surface area contributed by atoms with E-state index in [-0.39, 0.29) is 0 Å². The Morgan fingerprint density at radius 2 is 1.81 bits per heavy atom.